The maximum atomic E-state index is 13.0. The van der Waals surface area contributed by atoms with Crippen molar-refractivity contribution >= 4 is 46.0 Å². The van der Waals surface area contributed by atoms with E-state index >= 15 is 0 Å². The normalized spacial score (nSPS) is 24.4. The van der Waals surface area contributed by atoms with Crippen LogP contribution in [-0.4, -0.2) is 64.5 Å². The van der Waals surface area contributed by atoms with Crippen LogP contribution in [0, 0.1) is 0 Å². The van der Waals surface area contributed by atoms with E-state index in [1.165, 1.54) is 0 Å². The molecule has 2 aliphatic rings. The molecule has 152 valence electrons. The van der Waals surface area contributed by atoms with Gasteiger partial charge in [-0.3, -0.25) is 14.6 Å². The number of nitrogen functional groups attached to an aromatic ring is 1. The van der Waals surface area contributed by atoms with Crippen LogP contribution >= 0.6 is 23.4 Å². The molecular formula is C19H24ClN3O4S. The van der Waals surface area contributed by atoms with Gasteiger partial charge in [0, 0.05) is 31.7 Å². The predicted octanol–water partition coefficient (Wildman–Crippen LogP) is 2.46. The molecule has 1 amide bonds. The molecule has 1 fully saturated rings. The molecule has 0 bridgehead atoms. The second-order valence-electron chi connectivity index (χ2n) is 7.04. The van der Waals surface area contributed by atoms with Crippen molar-refractivity contribution in [2.75, 3.05) is 25.9 Å². The number of likely N-dealkylation sites (tertiary alicyclic amines) is 1. The summed E-state index contributed by atoms with van der Waals surface area (Å²) in [6, 6.07) is 5.11. The third-order valence-corrected chi connectivity index (χ3v) is 6.73. The Morgan fingerprint density at radius 3 is 2.93 bits per heavy atom. The lowest BCUT2D eigenvalue weighted by Crippen LogP contribution is -2.40. The van der Waals surface area contributed by atoms with E-state index in [0.29, 0.717) is 36.6 Å². The number of carboxylic acids is 1. The third kappa shape index (κ3) is 4.98. The van der Waals surface area contributed by atoms with E-state index < -0.39 is 5.97 Å². The molecule has 1 saturated heterocycles. The van der Waals surface area contributed by atoms with Gasteiger partial charge in [0.25, 0.3) is 0 Å². The van der Waals surface area contributed by atoms with Crippen molar-refractivity contribution in [1.29, 1.82) is 0 Å². The first-order valence-electron chi connectivity index (χ1n) is 9.16. The van der Waals surface area contributed by atoms with Gasteiger partial charge in [0.1, 0.15) is 0 Å². The fourth-order valence-electron chi connectivity index (χ4n) is 3.49. The van der Waals surface area contributed by atoms with Gasteiger partial charge in [0.2, 0.25) is 5.91 Å². The zero-order chi connectivity index (χ0) is 20.3. The van der Waals surface area contributed by atoms with Gasteiger partial charge in [-0.25, -0.2) is 0 Å². The first-order chi connectivity index (χ1) is 13.4. The van der Waals surface area contributed by atoms with E-state index in [4.69, 9.17) is 27.2 Å². The molecule has 3 N–H and O–H groups in total. The van der Waals surface area contributed by atoms with Gasteiger partial charge < -0.3 is 20.5 Å². The van der Waals surface area contributed by atoms with Gasteiger partial charge in [-0.2, -0.15) is 0 Å². The Morgan fingerprint density at radius 1 is 1.46 bits per heavy atom. The summed E-state index contributed by atoms with van der Waals surface area (Å²) in [6.45, 7) is 1.11. The average Bonchev–Trinajstić information content (AvgIpc) is 3.29. The van der Waals surface area contributed by atoms with Crippen molar-refractivity contribution in [2.45, 2.75) is 43.1 Å². The number of carbonyl (C=O) groups is 2. The van der Waals surface area contributed by atoms with E-state index in [1.54, 1.807) is 31.0 Å². The minimum atomic E-state index is -0.798. The fraction of sp³-hybridized carbons (Fsp3) is 0.526. The lowest BCUT2D eigenvalue weighted by atomic mass is 10.1. The molecule has 3 atom stereocenters. The first-order valence-corrected chi connectivity index (χ1v) is 10.4. The van der Waals surface area contributed by atoms with Crippen LogP contribution in [0.5, 0.6) is 0 Å². The number of nitrogens with two attached hydrogens (primary N) is 1. The Bertz CT molecular complexity index is 788. The highest BCUT2D eigenvalue weighted by atomic mass is 35.5. The summed E-state index contributed by atoms with van der Waals surface area (Å²) in [5.41, 5.74) is 7.04. The Balaban J connectivity index is 1.67. The number of hydrogen-bond donors (Lipinski definition) is 2. The highest BCUT2D eigenvalue weighted by molar-refractivity contribution is 8.14. The van der Waals surface area contributed by atoms with Crippen LogP contribution in [0.1, 0.15) is 24.8 Å². The standard InChI is InChI=1S/C19H24ClN3O4S/c1-27-12-8-16(19-22-9-13(28-19)3-5-18(25)26)23(10-12)17(24)7-11-2-4-15(21)14(20)6-11/h2,4,6,12-13,16H,3,5,7-10,21H2,1H3,(H,25,26)/t12-,13?,16-/m0/s1. The molecule has 0 saturated carbocycles. The maximum absolute atomic E-state index is 13.0. The Hall–Kier alpha value is -1.77. The monoisotopic (exact) mass is 425 g/mol. The lowest BCUT2D eigenvalue weighted by Gasteiger charge is -2.24. The number of nitrogens with zero attached hydrogens (tertiary/aromatic N) is 2. The molecule has 1 aromatic rings. The summed E-state index contributed by atoms with van der Waals surface area (Å²) in [7, 11) is 1.65. The van der Waals surface area contributed by atoms with Gasteiger partial charge in [0.15, 0.2) is 0 Å². The predicted molar refractivity (Wildman–Crippen MR) is 111 cm³/mol. The van der Waals surface area contributed by atoms with Crippen LogP contribution < -0.4 is 5.73 Å². The molecule has 3 rings (SSSR count). The molecule has 9 heteroatoms. The second-order valence-corrected chi connectivity index (χ2v) is 8.77. The van der Waals surface area contributed by atoms with Gasteiger partial charge in [-0.05, 0) is 24.1 Å². The van der Waals surface area contributed by atoms with Crippen LogP contribution in [0.25, 0.3) is 0 Å². The van der Waals surface area contributed by atoms with E-state index in [2.05, 4.69) is 4.99 Å². The number of hydrogen-bond acceptors (Lipinski definition) is 6. The summed E-state index contributed by atoms with van der Waals surface area (Å²) in [4.78, 5) is 30.2. The summed E-state index contributed by atoms with van der Waals surface area (Å²) in [6.07, 6.45) is 1.60. The topological polar surface area (TPSA) is 105 Å². The maximum Gasteiger partial charge on any atom is 0.303 e. The molecule has 0 radical (unpaired) electrons. The molecule has 2 heterocycles. The number of carbonyl (C=O) groups excluding carboxylic acids is 1. The van der Waals surface area contributed by atoms with Crippen molar-refractivity contribution in [3.8, 4) is 0 Å². The van der Waals surface area contributed by atoms with Gasteiger partial charge in [-0.15, -0.1) is 11.8 Å². The van der Waals surface area contributed by atoms with Crippen LogP contribution in [0.15, 0.2) is 23.2 Å². The average molecular weight is 426 g/mol. The van der Waals surface area contributed by atoms with Crippen molar-refractivity contribution < 1.29 is 19.4 Å². The molecule has 1 unspecified atom stereocenters. The van der Waals surface area contributed by atoms with Crippen LogP contribution in [-0.2, 0) is 20.7 Å². The number of rotatable bonds is 7. The van der Waals surface area contributed by atoms with E-state index in [0.717, 1.165) is 10.6 Å². The minimum Gasteiger partial charge on any atom is -0.481 e. The molecule has 0 aliphatic carbocycles. The number of benzene rings is 1. The highest BCUT2D eigenvalue weighted by Crippen LogP contribution is 2.33. The summed E-state index contributed by atoms with van der Waals surface area (Å²) in [5.74, 6) is -0.809. The van der Waals surface area contributed by atoms with Crippen molar-refractivity contribution in [3.05, 3.63) is 28.8 Å². The molecule has 1 aromatic carbocycles. The summed E-state index contributed by atoms with van der Waals surface area (Å²) in [5, 5.41) is 10.4. The molecule has 2 aliphatic heterocycles. The SMILES string of the molecule is CO[C@H]1C[C@@H](C2=NCC(CCC(=O)O)S2)N(C(=O)Cc2ccc(N)c(Cl)c2)C1. The molecule has 7 nitrogen and oxygen atoms in total. The first kappa shape index (κ1) is 21.0. The van der Waals surface area contributed by atoms with E-state index in [-0.39, 0.29) is 36.1 Å². The van der Waals surface area contributed by atoms with Crippen molar-refractivity contribution in [3.63, 3.8) is 0 Å². The zero-order valence-electron chi connectivity index (χ0n) is 15.6. The Labute approximate surface area is 173 Å². The number of ether oxygens (including phenoxy) is 1. The van der Waals surface area contributed by atoms with Crippen molar-refractivity contribution in [2.24, 2.45) is 4.99 Å². The smallest absolute Gasteiger partial charge is 0.303 e. The largest absolute Gasteiger partial charge is 0.481 e. The second kappa shape index (κ2) is 9.15. The Morgan fingerprint density at radius 2 is 2.25 bits per heavy atom. The number of aliphatic carboxylic acids is 1. The van der Waals surface area contributed by atoms with Crippen LogP contribution in [0.2, 0.25) is 5.02 Å². The summed E-state index contributed by atoms with van der Waals surface area (Å²) < 4.78 is 5.50. The van der Waals surface area contributed by atoms with E-state index in [9.17, 15) is 9.59 Å². The van der Waals surface area contributed by atoms with Crippen LogP contribution in [0.4, 0.5) is 5.69 Å². The number of aliphatic imine (C=N–C) groups is 1. The van der Waals surface area contributed by atoms with Crippen molar-refractivity contribution in [1.82, 2.24) is 4.90 Å². The fourth-order valence-corrected chi connectivity index (χ4v) is 4.95. The van der Waals surface area contributed by atoms with Crippen LogP contribution in [0.3, 0.4) is 0 Å². The number of anilines is 1. The van der Waals surface area contributed by atoms with Gasteiger partial charge >= 0.3 is 5.97 Å². The zero-order valence-corrected chi connectivity index (χ0v) is 17.2. The lowest BCUT2D eigenvalue weighted by molar-refractivity contribution is -0.137. The highest BCUT2D eigenvalue weighted by Gasteiger charge is 2.40. The molecule has 28 heavy (non-hydrogen) atoms. The quantitative estimate of drug-likeness (QED) is 0.650. The van der Waals surface area contributed by atoms with Gasteiger partial charge in [-0.1, -0.05) is 17.7 Å². The molecule has 0 aromatic heterocycles. The number of methoxy groups -OCH3 is 1. The Kier molecular flexibility index (Phi) is 6.85. The van der Waals surface area contributed by atoms with Gasteiger partial charge in [0.05, 0.1) is 40.9 Å². The number of halogens is 1. The van der Waals surface area contributed by atoms with E-state index in [1.807, 2.05) is 11.0 Å². The number of amides is 1. The molecule has 0 spiro atoms. The summed E-state index contributed by atoms with van der Waals surface area (Å²) >= 11 is 7.66. The minimum absolute atomic E-state index is 0.0114. The molecular weight excluding hydrogens is 402 g/mol. The number of thioether (sulfide) groups is 1. The third-order valence-electron chi connectivity index (χ3n) is 5.04. The number of carboxylic acid groups (broad SMARTS) is 1.